The summed E-state index contributed by atoms with van der Waals surface area (Å²) in [5, 5.41) is 0. The molecule has 5 aromatic rings. The van der Waals surface area contributed by atoms with Crippen LogP contribution in [0.2, 0.25) is 0 Å². The van der Waals surface area contributed by atoms with Crippen LogP contribution in [0, 0.1) is 5.92 Å². The van der Waals surface area contributed by atoms with Crippen LogP contribution in [-0.4, -0.2) is 4.98 Å². The molecule has 0 saturated heterocycles. The molecule has 3 aliphatic carbocycles. The molecule has 0 saturated carbocycles. The van der Waals surface area contributed by atoms with Crippen LogP contribution in [0.5, 0.6) is 11.5 Å². The Kier molecular flexibility index (Phi) is 4.40. The zero-order valence-electron chi connectivity index (χ0n) is 21.8. The largest absolute Gasteiger partial charge is 0.457 e. The quantitative estimate of drug-likeness (QED) is 0.231. The molecule has 2 heterocycles. The Hall–Kier alpha value is -4.95. The fourth-order valence-corrected chi connectivity index (χ4v) is 7.35. The maximum atomic E-state index is 6.51. The molecule has 4 aromatic carbocycles. The van der Waals surface area contributed by atoms with Crippen LogP contribution in [-0.2, 0) is 5.41 Å². The molecule has 0 radical (unpaired) electrons. The first kappa shape index (κ1) is 21.9. The third-order valence-corrected chi connectivity index (χ3v) is 9.08. The summed E-state index contributed by atoms with van der Waals surface area (Å²) in [7, 11) is 0. The first-order chi connectivity index (χ1) is 19.8. The van der Waals surface area contributed by atoms with Gasteiger partial charge in [-0.15, -0.1) is 0 Å². The van der Waals surface area contributed by atoms with Crippen molar-refractivity contribution in [1.82, 2.24) is 4.98 Å². The normalized spacial score (nSPS) is 20.4. The van der Waals surface area contributed by atoms with Crippen molar-refractivity contribution >= 4 is 11.6 Å². The van der Waals surface area contributed by atoms with E-state index in [0.29, 0.717) is 5.92 Å². The molecule has 4 aliphatic rings. The van der Waals surface area contributed by atoms with Gasteiger partial charge in [0.25, 0.3) is 0 Å². The van der Waals surface area contributed by atoms with Crippen LogP contribution >= 0.6 is 0 Å². The van der Waals surface area contributed by atoms with Crippen LogP contribution in [0.25, 0.3) is 33.9 Å². The monoisotopic (exact) mass is 511 g/mol. The molecule has 1 aliphatic heterocycles. The van der Waals surface area contributed by atoms with Crippen molar-refractivity contribution in [2.45, 2.75) is 11.8 Å². The fourth-order valence-electron chi connectivity index (χ4n) is 7.35. The van der Waals surface area contributed by atoms with Gasteiger partial charge in [0.15, 0.2) is 0 Å². The maximum absolute atomic E-state index is 6.51. The molecular weight excluding hydrogens is 486 g/mol. The van der Waals surface area contributed by atoms with Gasteiger partial charge in [0.1, 0.15) is 11.5 Å². The predicted octanol–water partition coefficient (Wildman–Crippen LogP) is 9.20. The number of nitrogens with zero attached hydrogens (tertiary/aromatic N) is 1. The van der Waals surface area contributed by atoms with Crippen molar-refractivity contribution in [2.24, 2.45) is 5.92 Å². The number of hydrogen-bond acceptors (Lipinski definition) is 2. The average molecular weight is 512 g/mol. The Balaban J connectivity index is 1.22. The Morgan fingerprint density at radius 3 is 2.48 bits per heavy atom. The number of rotatable bonds is 2. The fraction of sp³-hybridized carbons (Fsp3) is 0.0789. The lowest BCUT2D eigenvalue weighted by atomic mass is 9.66. The van der Waals surface area contributed by atoms with Gasteiger partial charge in [-0.05, 0) is 58.0 Å². The lowest BCUT2D eigenvalue weighted by Gasteiger charge is -2.39. The van der Waals surface area contributed by atoms with Crippen LogP contribution in [0.4, 0.5) is 0 Å². The summed E-state index contributed by atoms with van der Waals surface area (Å²) in [5.41, 5.74) is 13.0. The van der Waals surface area contributed by atoms with Gasteiger partial charge in [0.05, 0.1) is 11.1 Å². The third-order valence-electron chi connectivity index (χ3n) is 9.08. The number of aromatic nitrogens is 1. The SMILES string of the molecule is C1=CCC2C=Cc3cc(-c4ccc(C56c7ccccc7Oc7cccc(c75)-c5ccccc56)cc4)cnc3C2=C1. The zero-order valence-corrected chi connectivity index (χ0v) is 21.8. The van der Waals surface area contributed by atoms with Gasteiger partial charge in [-0.25, -0.2) is 0 Å². The van der Waals surface area contributed by atoms with E-state index in [4.69, 9.17) is 9.72 Å². The van der Waals surface area contributed by atoms with Crippen molar-refractivity contribution in [2.75, 3.05) is 0 Å². The Labute approximate surface area is 233 Å². The van der Waals surface area contributed by atoms with Crippen molar-refractivity contribution in [3.8, 4) is 33.8 Å². The minimum absolute atomic E-state index is 0.428. The van der Waals surface area contributed by atoms with Gasteiger partial charge in [0, 0.05) is 34.4 Å². The summed E-state index contributed by atoms with van der Waals surface area (Å²) in [6.45, 7) is 0. The van der Waals surface area contributed by atoms with Crippen molar-refractivity contribution in [3.63, 3.8) is 0 Å². The van der Waals surface area contributed by atoms with E-state index in [1.54, 1.807) is 0 Å². The second kappa shape index (κ2) is 8.03. The molecule has 40 heavy (non-hydrogen) atoms. The van der Waals surface area contributed by atoms with Crippen LogP contribution in [0.1, 0.15) is 39.9 Å². The van der Waals surface area contributed by atoms with E-state index in [9.17, 15) is 0 Å². The van der Waals surface area contributed by atoms with Gasteiger partial charge in [0.2, 0.25) is 0 Å². The number of benzene rings is 4. The first-order valence-electron chi connectivity index (χ1n) is 14.0. The highest BCUT2D eigenvalue weighted by atomic mass is 16.5. The molecule has 0 bridgehead atoms. The van der Waals surface area contributed by atoms with Crippen LogP contribution in [0.3, 0.4) is 0 Å². The number of pyridine rings is 1. The molecule has 2 heteroatoms. The molecule has 0 fully saturated rings. The van der Waals surface area contributed by atoms with Gasteiger partial charge in [-0.3, -0.25) is 4.98 Å². The van der Waals surface area contributed by atoms with E-state index in [1.165, 1.54) is 50.1 Å². The second-order valence-electron chi connectivity index (χ2n) is 11.1. The highest BCUT2D eigenvalue weighted by Gasteiger charge is 2.51. The smallest absolute Gasteiger partial charge is 0.132 e. The summed E-state index contributed by atoms with van der Waals surface area (Å²) < 4.78 is 6.51. The first-order valence-corrected chi connectivity index (χ1v) is 14.0. The molecule has 2 nitrogen and oxygen atoms in total. The van der Waals surface area contributed by atoms with Crippen molar-refractivity contribution in [1.29, 1.82) is 0 Å². The minimum atomic E-state index is -0.428. The Bertz CT molecular complexity index is 1960. The van der Waals surface area contributed by atoms with E-state index in [0.717, 1.165) is 29.2 Å². The van der Waals surface area contributed by atoms with Gasteiger partial charge < -0.3 is 4.74 Å². The average Bonchev–Trinajstić information content (AvgIpc) is 3.34. The number of para-hydroxylation sites is 1. The summed E-state index contributed by atoms with van der Waals surface area (Å²) in [6.07, 6.45) is 14.3. The molecule has 0 amide bonds. The third kappa shape index (κ3) is 2.80. The standard InChI is InChI=1S/C38H25NO/c1-2-9-29-25(8-1)16-17-26-22-27(23-39-37(26)29)24-18-20-28(21-19-24)38-32-12-4-3-10-30(32)31-11-7-15-35(36(31)38)40-34-14-6-5-13-33(34)38/h1-7,9-23,25H,8H2. The van der Waals surface area contributed by atoms with Gasteiger partial charge in [-0.1, -0.05) is 109 Å². The van der Waals surface area contributed by atoms with E-state index < -0.39 is 5.41 Å². The second-order valence-corrected chi connectivity index (χ2v) is 11.1. The molecule has 2 unspecified atom stereocenters. The lowest BCUT2D eigenvalue weighted by molar-refractivity contribution is 0.438. The molecule has 0 N–H and O–H groups in total. The van der Waals surface area contributed by atoms with Crippen molar-refractivity contribution < 1.29 is 4.74 Å². The summed E-state index contributed by atoms with van der Waals surface area (Å²) in [6, 6.07) is 35.2. The topological polar surface area (TPSA) is 22.1 Å². The maximum Gasteiger partial charge on any atom is 0.132 e. The molecule has 2 atom stereocenters. The summed E-state index contributed by atoms with van der Waals surface area (Å²) >= 11 is 0. The highest BCUT2D eigenvalue weighted by molar-refractivity contribution is 5.90. The van der Waals surface area contributed by atoms with Crippen LogP contribution in [0.15, 0.2) is 128 Å². The van der Waals surface area contributed by atoms with E-state index in [1.807, 2.05) is 6.20 Å². The predicted molar refractivity (Wildman–Crippen MR) is 161 cm³/mol. The molecular formula is C38H25NO. The van der Waals surface area contributed by atoms with E-state index in [-0.39, 0.29) is 0 Å². The Morgan fingerprint density at radius 1 is 0.750 bits per heavy atom. The number of ether oxygens (including phenoxy) is 1. The number of allylic oxidation sites excluding steroid dienone is 5. The summed E-state index contributed by atoms with van der Waals surface area (Å²) in [5.74, 6) is 2.30. The molecule has 188 valence electrons. The lowest BCUT2D eigenvalue weighted by Crippen LogP contribution is -2.31. The van der Waals surface area contributed by atoms with E-state index >= 15 is 0 Å². The highest BCUT2D eigenvalue weighted by Crippen LogP contribution is 2.63. The summed E-state index contributed by atoms with van der Waals surface area (Å²) in [4.78, 5) is 4.95. The Morgan fingerprint density at radius 2 is 1.55 bits per heavy atom. The zero-order chi connectivity index (χ0) is 26.3. The molecule has 1 aromatic heterocycles. The minimum Gasteiger partial charge on any atom is -0.457 e. The number of fused-ring (bicyclic) bond motifs is 8. The number of hydrogen-bond donors (Lipinski definition) is 0. The van der Waals surface area contributed by atoms with Crippen LogP contribution < -0.4 is 4.74 Å². The van der Waals surface area contributed by atoms with Gasteiger partial charge in [-0.2, -0.15) is 0 Å². The van der Waals surface area contributed by atoms with E-state index in [2.05, 4.69) is 127 Å². The van der Waals surface area contributed by atoms with Gasteiger partial charge >= 0.3 is 0 Å². The molecule has 9 rings (SSSR count). The molecule has 0 spiro atoms. The van der Waals surface area contributed by atoms with Crippen molar-refractivity contribution in [3.05, 3.63) is 161 Å².